The van der Waals surface area contributed by atoms with Gasteiger partial charge in [0.1, 0.15) is 0 Å². The van der Waals surface area contributed by atoms with Crippen LogP contribution in [0, 0.1) is 5.92 Å². The minimum absolute atomic E-state index is 0.181. The molecule has 102 valence electrons. The number of nitrogens with zero attached hydrogens (tertiary/aromatic N) is 3. The van der Waals surface area contributed by atoms with Crippen LogP contribution in [0.5, 0.6) is 0 Å². The Balaban J connectivity index is 1.66. The number of piperidine rings is 1. The van der Waals surface area contributed by atoms with Gasteiger partial charge in [-0.25, -0.2) is 0 Å². The average Bonchev–Trinajstić information content (AvgIpc) is 3.02. The standard InChI is InChI=1S/C15H21N3O/c19-15(17-9-1-2-10-17)13-4-3-11-18(12-13)14-5-7-16-8-6-14/h5-8,13H,1-4,9-12H2. The summed E-state index contributed by atoms with van der Waals surface area (Å²) >= 11 is 0. The Kier molecular flexibility index (Phi) is 3.67. The van der Waals surface area contributed by atoms with Crippen LogP contribution >= 0.6 is 0 Å². The van der Waals surface area contributed by atoms with Gasteiger partial charge < -0.3 is 9.80 Å². The van der Waals surface area contributed by atoms with E-state index in [0.717, 1.165) is 39.0 Å². The van der Waals surface area contributed by atoms with Crippen molar-refractivity contribution in [1.29, 1.82) is 0 Å². The normalized spacial score (nSPS) is 23.7. The molecule has 1 amide bonds. The van der Waals surface area contributed by atoms with Crippen molar-refractivity contribution in [3.05, 3.63) is 24.5 Å². The fourth-order valence-electron chi connectivity index (χ4n) is 3.16. The Bertz CT molecular complexity index is 428. The highest BCUT2D eigenvalue weighted by atomic mass is 16.2. The second kappa shape index (κ2) is 5.59. The van der Waals surface area contributed by atoms with Gasteiger partial charge in [-0.15, -0.1) is 0 Å². The van der Waals surface area contributed by atoms with Crippen LogP contribution in [0.4, 0.5) is 5.69 Å². The van der Waals surface area contributed by atoms with E-state index in [1.807, 2.05) is 24.5 Å². The van der Waals surface area contributed by atoms with Gasteiger partial charge in [0.2, 0.25) is 5.91 Å². The molecule has 0 aromatic carbocycles. The van der Waals surface area contributed by atoms with Gasteiger partial charge in [-0.2, -0.15) is 0 Å². The van der Waals surface area contributed by atoms with Crippen molar-refractivity contribution in [3.63, 3.8) is 0 Å². The van der Waals surface area contributed by atoms with Gasteiger partial charge in [0.05, 0.1) is 5.92 Å². The van der Waals surface area contributed by atoms with E-state index in [9.17, 15) is 4.79 Å². The summed E-state index contributed by atoms with van der Waals surface area (Å²) < 4.78 is 0. The number of pyridine rings is 1. The van der Waals surface area contributed by atoms with E-state index in [2.05, 4.69) is 14.8 Å². The lowest BCUT2D eigenvalue weighted by atomic mass is 9.96. The summed E-state index contributed by atoms with van der Waals surface area (Å²) in [6.45, 7) is 3.84. The second-order valence-electron chi connectivity index (χ2n) is 5.52. The van der Waals surface area contributed by atoms with E-state index in [0.29, 0.717) is 5.91 Å². The van der Waals surface area contributed by atoms with Crippen LogP contribution < -0.4 is 4.90 Å². The molecule has 2 saturated heterocycles. The minimum Gasteiger partial charge on any atom is -0.371 e. The molecule has 19 heavy (non-hydrogen) atoms. The highest BCUT2D eigenvalue weighted by Gasteiger charge is 2.30. The van der Waals surface area contributed by atoms with Gasteiger partial charge in [-0.3, -0.25) is 9.78 Å². The summed E-state index contributed by atoms with van der Waals surface area (Å²) in [6.07, 6.45) is 8.13. The zero-order chi connectivity index (χ0) is 13.1. The molecule has 2 aliphatic rings. The molecule has 2 fully saturated rings. The van der Waals surface area contributed by atoms with Crippen LogP contribution in [0.2, 0.25) is 0 Å². The predicted octanol–water partition coefficient (Wildman–Crippen LogP) is 1.92. The predicted molar refractivity (Wildman–Crippen MR) is 75.0 cm³/mol. The first-order chi connectivity index (χ1) is 9.34. The van der Waals surface area contributed by atoms with Crippen molar-refractivity contribution >= 4 is 11.6 Å². The largest absolute Gasteiger partial charge is 0.371 e. The van der Waals surface area contributed by atoms with E-state index in [-0.39, 0.29) is 5.92 Å². The highest BCUT2D eigenvalue weighted by molar-refractivity contribution is 5.80. The lowest BCUT2D eigenvalue weighted by molar-refractivity contribution is -0.134. The summed E-state index contributed by atoms with van der Waals surface area (Å²) in [6, 6.07) is 4.06. The van der Waals surface area contributed by atoms with E-state index in [1.54, 1.807) is 0 Å². The SMILES string of the molecule is O=C(C1CCCN(c2ccncc2)C1)N1CCCC1. The lowest BCUT2D eigenvalue weighted by Crippen LogP contribution is -2.44. The van der Waals surface area contributed by atoms with Crippen LogP contribution in [0.15, 0.2) is 24.5 Å². The Hall–Kier alpha value is -1.58. The number of hydrogen-bond acceptors (Lipinski definition) is 3. The molecule has 4 heteroatoms. The molecule has 0 aliphatic carbocycles. The van der Waals surface area contributed by atoms with E-state index in [1.165, 1.54) is 18.5 Å². The topological polar surface area (TPSA) is 36.4 Å². The Morgan fingerprint density at radius 2 is 1.84 bits per heavy atom. The lowest BCUT2D eigenvalue weighted by Gasteiger charge is -2.35. The first kappa shape index (κ1) is 12.5. The molecular weight excluding hydrogens is 238 g/mol. The van der Waals surface area contributed by atoms with Gasteiger partial charge in [0.15, 0.2) is 0 Å². The number of aromatic nitrogens is 1. The third kappa shape index (κ3) is 2.72. The first-order valence-electron chi connectivity index (χ1n) is 7.28. The highest BCUT2D eigenvalue weighted by Crippen LogP contribution is 2.25. The van der Waals surface area contributed by atoms with E-state index < -0.39 is 0 Å². The van der Waals surface area contributed by atoms with Crippen LogP contribution in [0.25, 0.3) is 0 Å². The molecule has 0 N–H and O–H groups in total. The van der Waals surface area contributed by atoms with Crippen molar-refractivity contribution in [3.8, 4) is 0 Å². The van der Waals surface area contributed by atoms with Gasteiger partial charge >= 0.3 is 0 Å². The van der Waals surface area contributed by atoms with Gasteiger partial charge in [-0.1, -0.05) is 0 Å². The monoisotopic (exact) mass is 259 g/mol. The molecule has 3 rings (SSSR count). The second-order valence-corrected chi connectivity index (χ2v) is 5.52. The molecular formula is C15H21N3O. The summed E-state index contributed by atoms with van der Waals surface area (Å²) in [5.74, 6) is 0.552. The smallest absolute Gasteiger partial charge is 0.227 e. The molecule has 0 spiro atoms. The van der Waals surface area contributed by atoms with Crippen LogP contribution in [-0.2, 0) is 4.79 Å². The van der Waals surface area contributed by atoms with Gasteiger partial charge in [0.25, 0.3) is 0 Å². The molecule has 0 bridgehead atoms. The number of hydrogen-bond donors (Lipinski definition) is 0. The molecule has 0 saturated carbocycles. The maximum Gasteiger partial charge on any atom is 0.227 e. The molecule has 1 unspecified atom stereocenters. The average molecular weight is 259 g/mol. The zero-order valence-electron chi connectivity index (χ0n) is 11.3. The molecule has 1 aromatic rings. The fourth-order valence-corrected chi connectivity index (χ4v) is 3.16. The Morgan fingerprint density at radius 1 is 1.11 bits per heavy atom. The van der Waals surface area contributed by atoms with Crippen molar-refractivity contribution in [2.45, 2.75) is 25.7 Å². The molecule has 0 radical (unpaired) electrons. The van der Waals surface area contributed by atoms with Crippen molar-refractivity contribution < 1.29 is 4.79 Å². The molecule has 1 atom stereocenters. The molecule has 1 aromatic heterocycles. The van der Waals surface area contributed by atoms with E-state index in [4.69, 9.17) is 0 Å². The first-order valence-corrected chi connectivity index (χ1v) is 7.28. The van der Waals surface area contributed by atoms with Crippen LogP contribution in [0.3, 0.4) is 0 Å². The third-order valence-corrected chi connectivity index (χ3v) is 4.22. The maximum atomic E-state index is 12.5. The number of anilines is 1. The summed E-state index contributed by atoms with van der Waals surface area (Å²) in [5, 5.41) is 0. The van der Waals surface area contributed by atoms with Crippen LogP contribution in [0.1, 0.15) is 25.7 Å². The summed E-state index contributed by atoms with van der Waals surface area (Å²) in [7, 11) is 0. The van der Waals surface area contributed by atoms with Crippen molar-refractivity contribution in [1.82, 2.24) is 9.88 Å². The van der Waals surface area contributed by atoms with Crippen molar-refractivity contribution in [2.24, 2.45) is 5.92 Å². The number of likely N-dealkylation sites (tertiary alicyclic amines) is 1. The van der Waals surface area contributed by atoms with E-state index >= 15 is 0 Å². The molecule has 3 heterocycles. The Morgan fingerprint density at radius 3 is 2.58 bits per heavy atom. The van der Waals surface area contributed by atoms with Crippen LogP contribution in [-0.4, -0.2) is 42.0 Å². The summed E-state index contributed by atoms with van der Waals surface area (Å²) in [5.41, 5.74) is 1.19. The quantitative estimate of drug-likeness (QED) is 0.814. The zero-order valence-corrected chi connectivity index (χ0v) is 11.3. The minimum atomic E-state index is 0.181. The number of carbonyl (C=O) groups excluding carboxylic acids is 1. The number of amides is 1. The molecule has 2 aliphatic heterocycles. The third-order valence-electron chi connectivity index (χ3n) is 4.22. The molecule has 4 nitrogen and oxygen atoms in total. The van der Waals surface area contributed by atoms with Gasteiger partial charge in [0, 0.05) is 44.3 Å². The van der Waals surface area contributed by atoms with Gasteiger partial charge in [-0.05, 0) is 37.8 Å². The number of carbonyl (C=O) groups is 1. The summed E-state index contributed by atoms with van der Waals surface area (Å²) in [4.78, 5) is 20.9. The number of rotatable bonds is 2. The van der Waals surface area contributed by atoms with Crippen molar-refractivity contribution in [2.75, 3.05) is 31.1 Å². The fraction of sp³-hybridized carbons (Fsp3) is 0.600. The maximum absolute atomic E-state index is 12.5. The Labute approximate surface area is 114 Å².